The summed E-state index contributed by atoms with van der Waals surface area (Å²) in [5.41, 5.74) is 1.27. The van der Waals surface area contributed by atoms with Crippen molar-refractivity contribution in [3.8, 4) is 0 Å². The van der Waals surface area contributed by atoms with Crippen LogP contribution in [0.25, 0.3) is 0 Å². The molecule has 1 aliphatic rings. The Morgan fingerprint density at radius 3 is 2.79 bits per heavy atom. The number of aliphatic imine (C=N–C) groups is 2. The number of nitrogens with zero attached hydrogens (tertiary/aromatic N) is 2. The van der Waals surface area contributed by atoms with Crippen molar-refractivity contribution in [2.45, 2.75) is 0 Å². The van der Waals surface area contributed by atoms with Crippen LogP contribution in [0.1, 0.15) is 0 Å². The van der Waals surface area contributed by atoms with E-state index >= 15 is 0 Å². The van der Waals surface area contributed by atoms with Gasteiger partial charge < -0.3 is 5.32 Å². The van der Waals surface area contributed by atoms with Gasteiger partial charge in [-0.1, -0.05) is 36.5 Å². The summed E-state index contributed by atoms with van der Waals surface area (Å²) in [6.45, 7) is 3.71. The molecule has 0 unspecified atom stereocenters. The van der Waals surface area contributed by atoms with Gasteiger partial charge in [0.1, 0.15) is 5.04 Å². The molecule has 1 aliphatic heterocycles. The second kappa shape index (κ2) is 6.10. The molecule has 96 valence electrons. The van der Waals surface area contributed by atoms with Crippen LogP contribution in [0.15, 0.2) is 52.5 Å². The van der Waals surface area contributed by atoms with E-state index < -0.39 is 6.03 Å². The lowest BCUT2D eigenvalue weighted by Gasteiger charge is -2.08. The normalized spacial score (nSPS) is 14.2. The van der Waals surface area contributed by atoms with Crippen molar-refractivity contribution in [3.63, 3.8) is 0 Å². The molecule has 0 fully saturated rings. The highest BCUT2D eigenvalue weighted by molar-refractivity contribution is 8.15. The van der Waals surface area contributed by atoms with Crippen molar-refractivity contribution < 1.29 is 9.59 Å². The number of carbonyl (C=O) groups excluding carboxylic acids is 2. The van der Waals surface area contributed by atoms with Gasteiger partial charge in [-0.25, -0.2) is 4.79 Å². The largest absolute Gasteiger partial charge is 0.368 e. The Morgan fingerprint density at radius 1 is 1.32 bits per heavy atom. The summed E-state index contributed by atoms with van der Waals surface area (Å²) in [4.78, 5) is 29.9. The van der Waals surface area contributed by atoms with Gasteiger partial charge in [0.2, 0.25) is 5.91 Å². The van der Waals surface area contributed by atoms with E-state index in [1.54, 1.807) is 12.1 Å². The number of benzene rings is 1. The van der Waals surface area contributed by atoms with Crippen molar-refractivity contribution >= 4 is 40.6 Å². The fraction of sp³-hybridized carbons (Fsp3) is 0.0769. The molecule has 3 amide bonds. The first-order valence-corrected chi connectivity index (χ1v) is 6.47. The molecular weight excluding hydrogens is 262 g/mol. The lowest BCUT2D eigenvalue weighted by atomic mass is 10.3. The van der Waals surface area contributed by atoms with Crippen molar-refractivity contribution in [1.82, 2.24) is 0 Å². The third kappa shape index (κ3) is 3.89. The minimum atomic E-state index is -0.571. The van der Waals surface area contributed by atoms with Crippen LogP contribution in [0.3, 0.4) is 0 Å². The number of para-hydroxylation sites is 1. The number of nitrogens with one attached hydrogen (secondary N) is 1. The minimum absolute atomic E-state index is 0.161. The number of anilines is 1. The van der Waals surface area contributed by atoms with Crippen LogP contribution < -0.4 is 5.32 Å². The minimum Gasteiger partial charge on any atom is -0.325 e. The van der Waals surface area contributed by atoms with Crippen molar-refractivity contribution in [2.24, 2.45) is 9.98 Å². The van der Waals surface area contributed by atoms with Crippen LogP contribution in [0, 0.1) is 0 Å². The van der Waals surface area contributed by atoms with Crippen molar-refractivity contribution in [3.05, 3.63) is 42.5 Å². The van der Waals surface area contributed by atoms with E-state index in [0.717, 1.165) is 17.4 Å². The monoisotopic (exact) mass is 273 g/mol. The molecule has 0 atom stereocenters. The maximum absolute atomic E-state index is 11.7. The first-order chi connectivity index (χ1) is 9.15. The number of amides is 3. The fourth-order valence-electron chi connectivity index (χ4n) is 1.35. The Kier molecular flexibility index (Phi) is 4.25. The van der Waals surface area contributed by atoms with E-state index in [-0.39, 0.29) is 11.7 Å². The van der Waals surface area contributed by atoms with Crippen LogP contribution in [0.5, 0.6) is 0 Å². The van der Waals surface area contributed by atoms with E-state index in [1.165, 1.54) is 6.21 Å². The van der Waals surface area contributed by atoms with Crippen LogP contribution in [-0.2, 0) is 4.79 Å². The summed E-state index contributed by atoms with van der Waals surface area (Å²) in [6.07, 6.45) is 1.35. The Balaban J connectivity index is 1.87. The molecule has 0 spiro atoms. The first kappa shape index (κ1) is 13.2. The van der Waals surface area contributed by atoms with E-state index in [1.807, 2.05) is 18.2 Å². The Hall–Kier alpha value is -2.21. The topological polar surface area (TPSA) is 70.9 Å². The molecule has 1 N–H and O–H groups in total. The SMILES string of the molecule is C=C1C=NC(=O)N=C1SCC(=O)Nc1ccccc1. The standard InChI is InChI=1S/C13H11N3O2S/c1-9-7-14-13(18)16-12(9)19-8-11(17)15-10-5-3-2-4-6-10/h2-7H,1,8H2,(H,15,17). The molecule has 19 heavy (non-hydrogen) atoms. The molecular formula is C13H11N3O2S. The van der Waals surface area contributed by atoms with Gasteiger partial charge in [-0.2, -0.15) is 9.98 Å². The predicted octanol–water partition coefficient (Wildman–Crippen LogP) is 2.52. The van der Waals surface area contributed by atoms with Gasteiger partial charge in [-0.3, -0.25) is 4.79 Å². The summed E-state index contributed by atoms with van der Waals surface area (Å²) in [7, 11) is 0. The summed E-state index contributed by atoms with van der Waals surface area (Å²) in [6, 6.07) is 8.58. The predicted molar refractivity (Wildman–Crippen MR) is 78.0 cm³/mol. The maximum Gasteiger partial charge on any atom is 0.368 e. The van der Waals surface area contributed by atoms with Gasteiger partial charge in [0.25, 0.3) is 0 Å². The number of thioether (sulfide) groups is 1. The van der Waals surface area contributed by atoms with Crippen LogP contribution in [0.2, 0.25) is 0 Å². The number of carbonyl (C=O) groups is 2. The molecule has 0 aromatic heterocycles. The number of rotatable bonds is 3. The Labute approximate surface area is 114 Å². The number of hydrogen-bond donors (Lipinski definition) is 1. The van der Waals surface area contributed by atoms with Crippen molar-refractivity contribution in [2.75, 3.05) is 11.1 Å². The molecule has 0 aliphatic carbocycles. The average molecular weight is 273 g/mol. The zero-order valence-electron chi connectivity index (χ0n) is 10.00. The molecule has 0 bridgehead atoms. The summed E-state index contributed by atoms with van der Waals surface area (Å²) < 4.78 is 0. The van der Waals surface area contributed by atoms with Gasteiger partial charge in [0, 0.05) is 17.5 Å². The Morgan fingerprint density at radius 2 is 2.05 bits per heavy atom. The lowest BCUT2D eigenvalue weighted by Crippen LogP contribution is -2.17. The molecule has 6 heteroatoms. The van der Waals surface area contributed by atoms with Crippen molar-refractivity contribution in [1.29, 1.82) is 0 Å². The molecule has 0 saturated carbocycles. The molecule has 0 saturated heterocycles. The zero-order chi connectivity index (χ0) is 13.7. The Bertz CT molecular complexity index is 579. The van der Waals surface area contributed by atoms with E-state index in [2.05, 4.69) is 21.9 Å². The second-order valence-corrected chi connectivity index (χ2v) is 4.65. The molecule has 2 rings (SSSR count). The van der Waals surface area contributed by atoms with Gasteiger partial charge in [0.05, 0.1) is 5.75 Å². The maximum atomic E-state index is 11.7. The second-order valence-electron chi connectivity index (χ2n) is 3.69. The summed E-state index contributed by atoms with van der Waals surface area (Å²) >= 11 is 1.16. The zero-order valence-corrected chi connectivity index (χ0v) is 10.8. The van der Waals surface area contributed by atoms with E-state index in [4.69, 9.17) is 0 Å². The molecule has 1 aromatic carbocycles. The third-order valence-electron chi connectivity index (χ3n) is 2.20. The van der Waals surface area contributed by atoms with E-state index in [0.29, 0.717) is 10.6 Å². The van der Waals surface area contributed by atoms with Gasteiger partial charge >= 0.3 is 6.03 Å². The molecule has 0 radical (unpaired) electrons. The smallest absolute Gasteiger partial charge is 0.325 e. The van der Waals surface area contributed by atoms with Crippen LogP contribution in [0.4, 0.5) is 10.5 Å². The van der Waals surface area contributed by atoms with Crippen LogP contribution >= 0.6 is 11.8 Å². The highest BCUT2D eigenvalue weighted by atomic mass is 32.2. The first-order valence-electron chi connectivity index (χ1n) is 5.49. The van der Waals surface area contributed by atoms with E-state index in [9.17, 15) is 9.59 Å². The molecule has 1 aromatic rings. The number of urea groups is 1. The van der Waals surface area contributed by atoms with Gasteiger partial charge in [-0.15, -0.1) is 0 Å². The van der Waals surface area contributed by atoms with Gasteiger partial charge in [-0.05, 0) is 12.1 Å². The number of hydrogen-bond acceptors (Lipinski definition) is 3. The van der Waals surface area contributed by atoms with Gasteiger partial charge in [0.15, 0.2) is 0 Å². The molecule has 1 heterocycles. The highest BCUT2D eigenvalue weighted by Gasteiger charge is 2.13. The third-order valence-corrected chi connectivity index (χ3v) is 3.23. The van der Waals surface area contributed by atoms with Crippen LogP contribution in [-0.4, -0.2) is 28.9 Å². The average Bonchev–Trinajstić information content (AvgIpc) is 2.41. The highest BCUT2D eigenvalue weighted by Crippen LogP contribution is 2.15. The molecule has 5 nitrogen and oxygen atoms in total. The fourth-order valence-corrected chi connectivity index (χ4v) is 2.07. The summed E-state index contributed by atoms with van der Waals surface area (Å²) in [5.74, 6) is -0.00455. The summed E-state index contributed by atoms with van der Waals surface area (Å²) in [5, 5.41) is 3.18. The lowest BCUT2D eigenvalue weighted by molar-refractivity contribution is -0.113. The quantitative estimate of drug-likeness (QED) is 0.919.